The van der Waals surface area contributed by atoms with Gasteiger partial charge >= 0.3 is 0 Å². The zero-order valence-corrected chi connectivity index (χ0v) is 24.6. The summed E-state index contributed by atoms with van der Waals surface area (Å²) in [6, 6.07) is 26.4. The number of rotatable bonds is 9. The summed E-state index contributed by atoms with van der Waals surface area (Å²) in [6.07, 6.45) is 2.88. The van der Waals surface area contributed by atoms with Crippen molar-refractivity contribution in [3.05, 3.63) is 157 Å². The molecule has 0 aliphatic carbocycles. The van der Waals surface area contributed by atoms with E-state index < -0.39 is 11.6 Å². The predicted molar refractivity (Wildman–Crippen MR) is 161 cm³/mol. The van der Waals surface area contributed by atoms with Gasteiger partial charge < -0.3 is 9.30 Å². The van der Waals surface area contributed by atoms with E-state index in [-0.39, 0.29) is 18.3 Å². The van der Waals surface area contributed by atoms with Crippen LogP contribution in [0.25, 0.3) is 0 Å². The molecular formula is C31H22Cl5FN2O. The Morgan fingerprint density at radius 2 is 1.27 bits per heavy atom. The molecule has 40 heavy (non-hydrogen) atoms. The topological polar surface area (TPSA) is 27.1 Å². The fraction of sp³-hybridized carbons (Fsp3) is 0.129. The first-order valence-electron chi connectivity index (χ1n) is 12.3. The van der Waals surface area contributed by atoms with Gasteiger partial charge in [-0.2, -0.15) is 0 Å². The third kappa shape index (κ3) is 6.66. The van der Waals surface area contributed by atoms with Gasteiger partial charge in [-0.3, -0.25) is 0 Å². The van der Waals surface area contributed by atoms with Crippen LogP contribution >= 0.6 is 58.0 Å². The molecule has 3 unspecified atom stereocenters. The maximum Gasteiger partial charge on any atom is 0.139 e. The molecule has 204 valence electrons. The molecule has 1 heterocycles. The van der Waals surface area contributed by atoms with Crippen molar-refractivity contribution in [3.63, 3.8) is 0 Å². The summed E-state index contributed by atoms with van der Waals surface area (Å²) in [5.74, 6) is -0.0269. The molecule has 0 amide bonds. The number of nitrogens with zero attached hydrogens (tertiary/aromatic N) is 2. The number of hydrogen-bond donors (Lipinski definition) is 0. The molecule has 0 aliphatic rings. The number of alkyl halides is 1. The molecule has 5 aromatic rings. The number of imidazole rings is 1. The number of aromatic nitrogens is 2. The summed E-state index contributed by atoms with van der Waals surface area (Å²) in [7, 11) is 0. The summed E-state index contributed by atoms with van der Waals surface area (Å²) >= 11 is 32.1. The van der Waals surface area contributed by atoms with Gasteiger partial charge in [0, 0.05) is 32.5 Å². The maximum atomic E-state index is 13.9. The Morgan fingerprint density at radius 3 is 1.88 bits per heavy atom. The van der Waals surface area contributed by atoms with Crippen molar-refractivity contribution in [1.82, 2.24) is 9.55 Å². The molecule has 0 fully saturated rings. The minimum Gasteiger partial charge on any atom is -0.365 e. The highest BCUT2D eigenvalue weighted by Gasteiger charge is 2.30. The van der Waals surface area contributed by atoms with Gasteiger partial charge in [0.25, 0.3) is 0 Å². The maximum absolute atomic E-state index is 13.9. The Hall–Kier alpha value is -2.57. The summed E-state index contributed by atoms with van der Waals surface area (Å²) < 4.78 is 22.1. The Labute approximate surface area is 257 Å². The predicted octanol–water partition coefficient (Wildman–Crippen LogP) is 10.5. The van der Waals surface area contributed by atoms with Crippen LogP contribution in [0, 0.1) is 5.82 Å². The van der Waals surface area contributed by atoms with Crippen LogP contribution in [0.4, 0.5) is 4.39 Å². The fourth-order valence-electron chi connectivity index (χ4n) is 4.51. The molecule has 0 radical (unpaired) electrons. The third-order valence-electron chi connectivity index (χ3n) is 6.51. The third-order valence-corrected chi connectivity index (χ3v) is 8.04. The quantitative estimate of drug-likeness (QED) is 0.151. The second-order valence-corrected chi connectivity index (χ2v) is 11.3. The van der Waals surface area contributed by atoms with Gasteiger partial charge in [0.05, 0.1) is 12.5 Å². The van der Waals surface area contributed by atoms with Crippen LogP contribution in [0.5, 0.6) is 0 Å². The first-order chi connectivity index (χ1) is 19.3. The van der Waals surface area contributed by atoms with Crippen molar-refractivity contribution in [3.8, 4) is 0 Å². The molecule has 0 bridgehead atoms. The minimum atomic E-state index is -0.722. The molecule has 5 rings (SSSR count). The van der Waals surface area contributed by atoms with Crippen molar-refractivity contribution in [1.29, 1.82) is 0 Å². The van der Waals surface area contributed by atoms with Crippen molar-refractivity contribution < 1.29 is 9.13 Å². The molecule has 3 nitrogen and oxygen atoms in total. The zero-order valence-electron chi connectivity index (χ0n) is 20.8. The van der Waals surface area contributed by atoms with Gasteiger partial charge in [-0.05, 0) is 70.8 Å². The highest BCUT2D eigenvalue weighted by Crippen LogP contribution is 2.40. The highest BCUT2D eigenvalue weighted by molar-refractivity contribution is 6.35. The van der Waals surface area contributed by atoms with Gasteiger partial charge in [0.1, 0.15) is 23.2 Å². The van der Waals surface area contributed by atoms with E-state index in [0.717, 1.165) is 22.3 Å². The average Bonchev–Trinajstić information content (AvgIpc) is 3.42. The Balaban J connectivity index is 1.55. The van der Waals surface area contributed by atoms with Crippen LogP contribution < -0.4 is 0 Å². The molecule has 3 atom stereocenters. The summed E-state index contributed by atoms with van der Waals surface area (Å²) in [5.41, 5.74) is 2.63. The number of benzene rings is 4. The first-order valence-corrected chi connectivity index (χ1v) is 14.2. The van der Waals surface area contributed by atoms with Crippen molar-refractivity contribution in [2.75, 3.05) is 0 Å². The van der Waals surface area contributed by atoms with Crippen molar-refractivity contribution in [2.45, 2.75) is 24.1 Å². The second kappa shape index (κ2) is 12.9. The van der Waals surface area contributed by atoms with E-state index >= 15 is 0 Å². The van der Waals surface area contributed by atoms with E-state index in [9.17, 15) is 4.39 Å². The lowest BCUT2D eigenvalue weighted by Crippen LogP contribution is -2.20. The molecule has 0 saturated heterocycles. The molecular weight excluding hydrogens is 613 g/mol. The normalized spacial score (nSPS) is 13.7. The Morgan fingerprint density at radius 1 is 0.725 bits per heavy atom. The minimum absolute atomic E-state index is 0.190. The smallest absolute Gasteiger partial charge is 0.139 e. The Kier molecular flexibility index (Phi) is 9.37. The molecule has 0 saturated carbocycles. The second-order valence-electron chi connectivity index (χ2n) is 9.12. The van der Waals surface area contributed by atoms with Crippen LogP contribution in [0.1, 0.15) is 45.6 Å². The van der Waals surface area contributed by atoms with Crippen LogP contribution in [0.15, 0.2) is 103 Å². The summed E-state index contributed by atoms with van der Waals surface area (Å²) in [5, 5.41) is 2.24. The number of ether oxygens (including phenoxy) is 1. The zero-order chi connectivity index (χ0) is 28.2. The summed E-state index contributed by atoms with van der Waals surface area (Å²) in [6.45, 7) is 0.190. The van der Waals surface area contributed by atoms with E-state index in [2.05, 4.69) is 0 Å². The average molecular weight is 635 g/mol. The summed E-state index contributed by atoms with van der Waals surface area (Å²) in [4.78, 5) is 4.71. The number of hydrogen-bond acceptors (Lipinski definition) is 2. The lowest BCUT2D eigenvalue weighted by atomic mass is 9.90. The van der Waals surface area contributed by atoms with Gasteiger partial charge in [-0.1, -0.05) is 100 Å². The SMILES string of the molecule is Fc1ccc(C(c2ccc(Cl)cc2)c2nccn2C(Cl)C(OCc2ccc(Cl)cc2Cl)c2ccc(Cl)cc2)cc1. The van der Waals surface area contributed by atoms with E-state index in [4.69, 9.17) is 67.7 Å². The van der Waals surface area contributed by atoms with Crippen molar-refractivity contribution >= 4 is 58.0 Å². The molecule has 1 aromatic heterocycles. The molecule has 0 aliphatic heterocycles. The lowest BCUT2D eigenvalue weighted by molar-refractivity contribution is 0.0230. The van der Waals surface area contributed by atoms with Crippen LogP contribution in [-0.2, 0) is 11.3 Å². The van der Waals surface area contributed by atoms with E-state index in [1.165, 1.54) is 12.1 Å². The van der Waals surface area contributed by atoms with Crippen LogP contribution in [-0.4, -0.2) is 9.55 Å². The van der Waals surface area contributed by atoms with Crippen molar-refractivity contribution in [2.24, 2.45) is 0 Å². The van der Waals surface area contributed by atoms with Crippen LogP contribution in [0.3, 0.4) is 0 Å². The lowest BCUT2D eigenvalue weighted by Gasteiger charge is -2.28. The monoisotopic (exact) mass is 632 g/mol. The Bertz CT molecular complexity index is 1530. The standard InChI is InChI=1S/C31H22Cl5FN2O/c32-23-8-1-19(2-9-23)28(20-6-13-26(37)14-7-20)31-38-15-16-39(31)30(36)29(21-3-10-24(33)11-4-21)40-18-22-5-12-25(34)17-27(22)35/h1-17,28-30H,18H2. The highest BCUT2D eigenvalue weighted by atomic mass is 35.5. The molecule has 0 spiro atoms. The fourth-order valence-corrected chi connectivity index (χ4v) is 5.61. The van der Waals surface area contributed by atoms with Gasteiger partial charge in [0.15, 0.2) is 0 Å². The first kappa shape index (κ1) is 28.9. The molecule has 0 N–H and O–H groups in total. The van der Waals surface area contributed by atoms with E-state index in [0.29, 0.717) is 25.9 Å². The van der Waals surface area contributed by atoms with E-state index in [1.807, 2.05) is 47.0 Å². The number of halogens is 6. The van der Waals surface area contributed by atoms with Crippen LogP contribution in [0.2, 0.25) is 20.1 Å². The van der Waals surface area contributed by atoms with Gasteiger partial charge in [-0.15, -0.1) is 0 Å². The van der Waals surface area contributed by atoms with Gasteiger partial charge in [0.2, 0.25) is 0 Å². The van der Waals surface area contributed by atoms with E-state index in [1.54, 1.807) is 48.8 Å². The van der Waals surface area contributed by atoms with Gasteiger partial charge in [-0.25, -0.2) is 9.37 Å². The molecule has 4 aromatic carbocycles. The largest absolute Gasteiger partial charge is 0.365 e. The molecule has 9 heteroatoms.